The number of rotatable bonds is 7. The number of likely N-dealkylation sites (tertiary alicyclic amines) is 1. The molecule has 1 aliphatic heterocycles. The summed E-state index contributed by atoms with van der Waals surface area (Å²) in [6.07, 6.45) is 5.85. The topological polar surface area (TPSA) is 66.7 Å². The van der Waals surface area contributed by atoms with E-state index in [0.717, 1.165) is 48.9 Å². The summed E-state index contributed by atoms with van der Waals surface area (Å²) in [4.78, 5) is 33.5. The molecule has 3 aromatic rings. The molecule has 1 fully saturated rings. The van der Waals surface area contributed by atoms with E-state index in [1.165, 1.54) is 0 Å². The smallest absolute Gasteiger partial charge is 0.289 e. The largest absolute Gasteiger partial charge is 0.451 e. The molecule has 2 aromatic heterocycles. The fraction of sp³-hybridized carbons (Fsp3) is 0.400. The third-order valence-corrected chi connectivity index (χ3v) is 6.06. The first kappa shape index (κ1) is 21.1. The average Bonchev–Trinajstić information content (AvgIpc) is 3.25. The molecule has 31 heavy (non-hydrogen) atoms. The van der Waals surface area contributed by atoms with Crippen molar-refractivity contribution in [2.24, 2.45) is 5.92 Å². The van der Waals surface area contributed by atoms with Crippen LogP contribution in [0, 0.1) is 5.92 Å². The van der Waals surface area contributed by atoms with Gasteiger partial charge in [0.25, 0.3) is 5.91 Å². The summed E-state index contributed by atoms with van der Waals surface area (Å²) in [6, 6.07) is 15.3. The van der Waals surface area contributed by atoms with Crippen molar-refractivity contribution in [1.82, 2.24) is 14.8 Å². The van der Waals surface area contributed by atoms with Crippen molar-refractivity contribution in [1.29, 1.82) is 0 Å². The minimum Gasteiger partial charge on any atom is -0.451 e. The lowest BCUT2D eigenvalue weighted by Gasteiger charge is -2.32. The van der Waals surface area contributed by atoms with Crippen LogP contribution in [0.15, 0.2) is 59.1 Å². The lowest BCUT2D eigenvalue weighted by atomic mass is 9.93. The van der Waals surface area contributed by atoms with E-state index < -0.39 is 0 Å². The number of nitrogens with zero attached hydrogens (tertiary/aromatic N) is 3. The molecule has 0 N–H and O–H groups in total. The van der Waals surface area contributed by atoms with E-state index in [1.807, 2.05) is 60.5 Å². The molecule has 0 aliphatic carbocycles. The second-order valence-corrected chi connectivity index (χ2v) is 8.33. The number of likely N-dealkylation sites (N-methyl/N-ethyl adjacent to an activating group) is 1. The van der Waals surface area contributed by atoms with Crippen LogP contribution in [0.5, 0.6) is 0 Å². The Balaban J connectivity index is 1.26. The van der Waals surface area contributed by atoms with Gasteiger partial charge >= 0.3 is 0 Å². The number of amides is 2. The van der Waals surface area contributed by atoms with Crippen molar-refractivity contribution in [2.75, 3.05) is 26.7 Å². The van der Waals surface area contributed by atoms with Crippen molar-refractivity contribution in [3.05, 3.63) is 66.2 Å². The Morgan fingerprint density at radius 1 is 1.19 bits per heavy atom. The van der Waals surface area contributed by atoms with Gasteiger partial charge in [-0.25, -0.2) is 0 Å². The monoisotopic (exact) mass is 419 g/mol. The molecule has 3 heterocycles. The molecule has 2 amide bonds. The van der Waals surface area contributed by atoms with E-state index in [1.54, 1.807) is 11.1 Å². The van der Waals surface area contributed by atoms with Gasteiger partial charge in [0.15, 0.2) is 5.76 Å². The van der Waals surface area contributed by atoms with Gasteiger partial charge in [0.05, 0.1) is 0 Å². The number of benzene rings is 1. The molecular formula is C25H29N3O3. The third-order valence-electron chi connectivity index (χ3n) is 6.06. The quantitative estimate of drug-likeness (QED) is 0.577. The number of carbonyl (C=O) groups excluding carboxylic acids is 2. The van der Waals surface area contributed by atoms with Crippen LogP contribution in [0.2, 0.25) is 0 Å². The normalized spacial score (nSPS) is 16.4. The number of hydrogen-bond donors (Lipinski definition) is 0. The molecule has 0 radical (unpaired) electrons. The molecule has 4 rings (SSSR count). The number of furan rings is 1. The van der Waals surface area contributed by atoms with E-state index in [-0.39, 0.29) is 11.8 Å². The lowest BCUT2D eigenvalue weighted by molar-refractivity contribution is -0.130. The van der Waals surface area contributed by atoms with Crippen LogP contribution in [-0.4, -0.2) is 53.3 Å². The highest BCUT2D eigenvalue weighted by atomic mass is 16.3. The van der Waals surface area contributed by atoms with Gasteiger partial charge in [0.1, 0.15) is 5.58 Å². The molecule has 0 bridgehead atoms. The summed E-state index contributed by atoms with van der Waals surface area (Å²) in [5.41, 5.74) is 1.73. The zero-order chi connectivity index (χ0) is 21.6. The van der Waals surface area contributed by atoms with Crippen LogP contribution in [0.3, 0.4) is 0 Å². The van der Waals surface area contributed by atoms with Crippen molar-refractivity contribution in [3.63, 3.8) is 0 Å². The van der Waals surface area contributed by atoms with Crippen LogP contribution in [0.1, 0.15) is 41.9 Å². The van der Waals surface area contributed by atoms with Crippen LogP contribution in [-0.2, 0) is 11.2 Å². The van der Waals surface area contributed by atoms with Gasteiger partial charge < -0.3 is 14.2 Å². The zero-order valence-corrected chi connectivity index (χ0v) is 18.0. The molecule has 1 atom stereocenters. The van der Waals surface area contributed by atoms with E-state index in [9.17, 15) is 9.59 Å². The number of piperidine rings is 1. The molecule has 0 saturated carbocycles. The van der Waals surface area contributed by atoms with Gasteiger partial charge in [-0.2, -0.15) is 0 Å². The Hall–Kier alpha value is -3.15. The highest BCUT2D eigenvalue weighted by Gasteiger charge is 2.27. The fourth-order valence-corrected chi connectivity index (χ4v) is 4.20. The molecule has 0 unspecified atom stereocenters. The lowest BCUT2D eigenvalue weighted by Crippen LogP contribution is -2.40. The summed E-state index contributed by atoms with van der Waals surface area (Å²) < 4.78 is 5.75. The maximum absolute atomic E-state index is 12.9. The number of fused-ring (bicyclic) bond motifs is 1. The Morgan fingerprint density at radius 2 is 2.03 bits per heavy atom. The van der Waals surface area contributed by atoms with E-state index in [2.05, 4.69) is 4.98 Å². The van der Waals surface area contributed by atoms with Crippen LogP contribution in [0.25, 0.3) is 11.0 Å². The number of pyridine rings is 1. The first-order chi connectivity index (χ1) is 15.1. The van der Waals surface area contributed by atoms with E-state index in [0.29, 0.717) is 31.2 Å². The second kappa shape index (κ2) is 9.77. The molecule has 0 spiro atoms. The highest BCUT2D eigenvalue weighted by molar-refractivity contribution is 5.96. The number of hydrogen-bond acceptors (Lipinski definition) is 4. The summed E-state index contributed by atoms with van der Waals surface area (Å²) >= 11 is 0. The maximum atomic E-state index is 12.9. The summed E-state index contributed by atoms with van der Waals surface area (Å²) in [6.45, 7) is 2.09. The van der Waals surface area contributed by atoms with Gasteiger partial charge in [0.2, 0.25) is 5.91 Å². The molecule has 6 nitrogen and oxygen atoms in total. The first-order valence-electron chi connectivity index (χ1n) is 11.0. The SMILES string of the molecule is CN(CCc1ccccn1)C(=O)CC[C@@H]1CCCN(C(=O)c2cc3ccccc3o2)C1. The maximum Gasteiger partial charge on any atom is 0.289 e. The highest BCUT2D eigenvalue weighted by Crippen LogP contribution is 2.25. The summed E-state index contributed by atoms with van der Waals surface area (Å²) in [7, 11) is 1.85. The second-order valence-electron chi connectivity index (χ2n) is 8.33. The molecule has 1 aliphatic rings. The molecule has 6 heteroatoms. The molecule has 1 saturated heterocycles. The Kier molecular flexibility index (Phi) is 6.65. The standard InChI is InChI=1S/C25H29N3O3/c1-27(16-13-21-9-4-5-14-26-21)24(29)12-11-19-7-6-15-28(18-19)25(30)23-17-20-8-2-3-10-22(20)31-23/h2-5,8-10,14,17,19H,6-7,11-13,15-16,18H2,1H3/t19-/m0/s1. The molecular weight excluding hydrogens is 390 g/mol. The molecule has 1 aromatic carbocycles. The van der Waals surface area contributed by atoms with Gasteiger partial charge in [-0.05, 0) is 49.4 Å². The predicted molar refractivity (Wildman–Crippen MR) is 120 cm³/mol. The molecule has 162 valence electrons. The van der Waals surface area contributed by atoms with Crippen LogP contribution in [0.4, 0.5) is 0 Å². The van der Waals surface area contributed by atoms with Crippen LogP contribution >= 0.6 is 0 Å². The zero-order valence-electron chi connectivity index (χ0n) is 18.0. The van der Waals surface area contributed by atoms with Gasteiger partial charge in [-0.3, -0.25) is 14.6 Å². The van der Waals surface area contributed by atoms with Crippen LogP contribution < -0.4 is 0 Å². The van der Waals surface area contributed by atoms with Crippen molar-refractivity contribution in [2.45, 2.75) is 32.1 Å². The first-order valence-corrected chi connectivity index (χ1v) is 11.0. The van der Waals surface area contributed by atoms with E-state index in [4.69, 9.17) is 4.42 Å². The van der Waals surface area contributed by atoms with Crippen molar-refractivity contribution < 1.29 is 14.0 Å². The number of para-hydroxylation sites is 1. The van der Waals surface area contributed by atoms with Gasteiger partial charge in [-0.1, -0.05) is 24.3 Å². The fourth-order valence-electron chi connectivity index (χ4n) is 4.20. The third kappa shape index (κ3) is 5.32. The number of carbonyl (C=O) groups is 2. The Labute approximate surface area is 182 Å². The van der Waals surface area contributed by atoms with Gasteiger partial charge in [-0.15, -0.1) is 0 Å². The van der Waals surface area contributed by atoms with Gasteiger partial charge in [0, 0.05) is 56.8 Å². The predicted octanol–water partition coefficient (Wildman–Crippen LogP) is 4.16. The van der Waals surface area contributed by atoms with E-state index >= 15 is 0 Å². The van der Waals surface area contributed by atoms with Crippen molar-refractivity contribution in [3.8, 4) is 0 Å². The summed E-state index contributed by atoms with van der Waals surface area (Å²) in [5.74, 6) is 0.832. The van der Waals surface area contributed by atoms with Crippen molar-refractivity contribution >= 4 is 22.8 Å². The Bertz CT molecular complexity index is 998. The number of aromatic nitrogens is 1. The average molecular weight is 420 g/mol. The minimum absolute atomic E-state index is 0.0558. The Morgan fingerprint density at radius 3 is 2.84 bits per heavy atom. The minimum atomic E-state index is -0.0558. The summed E-state index contributed by atoms with van der Waals surface area (Å²) in [5, 5.41) is 0.943.